The Bertz CT molecular complexity index is 539. The zero-order chi connectivity index (χ0) is 14.3. The van der Waals surface area contributed by atoms with E-state index >= 15 is 0 Å². The third kappa shape index (κ3) is 4.87. The highest BCUT2D eigenvalue weighted by atomic mass is 32.2. The van der Waals surface area contributed by atoms with E-state index in [1.807, 2.05) is 12.3 Å². The summed E-state index contributed by atoms with van der Waals surface area (Å²) < 4.78 is 27.0. The van der Waals surface area contributed by atoms with Crippen LogP contribution in [0.5, 0.6) is 0 Å². The van der Waals surface area contributed by atoms with Crippen molar-refractivity contribution < 1.29 is 8.42 Å². The topological polar surface area (TPSA) is 58.5 Å². The average molecular weight is 300 g/mol. The van der Waals surface area contributed by atoms with E-state index in [1.54, 1.807) is 25.1 Å². The Labute approximate surface area is 119 Å². The largest absolute Gasteiger partial charge is 0.263 e. The molecular formula is C13H20N2O2S2. The van der Waals surface area contributed by atoms with Gasteiger partial charge in [0.1, 0.15) is 0 Å². The van der Waals surface area contributed by atoms with Gasteiger partial charge in [0.25, 0.3) is 10.0 Å². The van der Waals surface area contributed by atoms with Crippen LogP contribution in [0.4, 0.5) is 0 Å². The second-order valence-electron chi connectivity index (χ2n) is 4.12. The molecule has 0 fully saturated rings. The number of thioether (sulfide) groups is 1. The number of hydrogen-bond acceptors (Lipinski definition) is 4. The first-order chi connectivity index (χ1) is 9.01. The lowest BCUT2D eigenvalue weighted by Crippen LogP contribution is -2.29. The summed E-state index contributed by atoms with van der Waals surface area (Å²) >= 11 is 1.31. The minimum Gasteiger partial charge on any atom is -0.262 e. The molecule has 0 spiro atoms. The highest BCUT2D eigenvalue weighted by Crippen LogP contribution is 2.14. The molecule has 0 radical (unpaired) electrons. The van der Waals surface area contributed by atoms with Gasteiger partial charge in [-0.3, -0.25) is 9.71 Å². The highest BCUT2D eigenvalue weighted by molar-refractivity contribution is 8.14. The van der Waals surface area contributed by atoms with Gasteiger partial charge in [0, 0.05) is 6.54 Å². The molecule has 0 saturated heterocycles. The van der Waals surface area contributed by atoms with E-state index in [0.29, 0.717) is 16.6 Å². The van der Waals surface area contributed by atoms with Crippen LogP contribution in [0.3, 0.4) is 0 Å². The summed E-state index contributed by atoms with van der Waals surface area (Å²) in [6.45, 7) is 4.50. The number of aliphatic imine (C=N–C) groups is 1. The molecule has 0 amide bonds. The zero-order valence-electron chi connectivity index (χ0n) is 11.5. The van der Waals surface area contributed by atoms with Crippen molar-refractivity contribution in [3.63, 3.8) is 0 Å². The molecule has 1 rings (SSSR count). The Balaban J connectivity index is 2.90. The second-order valence-corrected chi connectivity index (χ2v) is 6.56. The quantitative estimate of drug-likeness (QED) is 0.517. The van der Waals surface area contributed by atoms with Crippen LogP contribution in [0, 0.1) is 6.92 Å². The molecule has 0 aliphatic rings. The third-order valence-corrected chi connectivity index (χ3v) is 4.81. The lowest BCUT2D eigenvalue weighted by atomic mass is 10.2. The number of nitrogens with one attached hydrogen (secondary N) is 1. The SMILES string of the molecule is CCCCN=C(NS(=O)(=O)c1ccccc1C)SC. The number of amidine groups is 1. The molecule has 0 heterocycles. The van der Waals surface area contributed by atoms with E-state index in [4.69, 9.17) is 0 Å². The van der Waals surface area contributed by atoms with Crippen molar-refractivity contribution >= 4 is 27.0 Å². The van der Waals surface area contributed by atoms with E-state index < -0.39 is 10.0 Å². The number of aryl methyl sites for hydroxylation is 1. The van der Waals surface area contributed by atoms with E-state index in [0.717, 1.165) is 18.4 Å². The summed E-state index contributed by atoms with van der Waals surface area (Å²) in [5, 5.41) is 0.441. The van der Waals surface area contributed by atoms with Crippen molar-refractivity contribution in [3.05, 3.63) is 29.8 Å². The lowest BCUT2D eigenvalue weighted by molar-refractivity contribution is 0.592. The number of nitrogens with zero attached hydrogens (tertiary/aromatic N) is 1. The van der Waals surface area contributed by atoms with Gasteiger partial charge in [0.05, 0.1) is 4.90 Å². The number of rotatable bonds is 5. The first-order valence-electron chi connectivity index (χ1n) is 6.18. The molecule has 4 nitrogen and oxygen atoms in total. The van der Waals surface area contributed by atoms with Gasteiger partial charge in [-0.25, -0.2) is 8.42 Å². The van der Waals surface area contributed by atoms with Gasteiger partial charge in [0.2, 0.25) is 0 Å². The van der Waals surface area contributed by atoms with Crippen molar-refractivity contribution in [3.8, 4) is 0 Å². The van der Waals surface area contributed by atoms with Crippen LogP contribution >= 0.6 is 11.8 Å². The number of hydrogen-bond donors (Lipinski definition) is 1. The van der Waals surface area contributed by atoms with Crippen LogP contribution in [-0.4, -0.2) is 26.4 Å². The van der Waals surface area contributed by atoms with Gasteiger partial charge in [-0.05, 0) is 31.2 Å². The Morgan fingerprint density at radius 1 is 1.37 bits per heavy atom. The van der Waals surface area contributed by atoms with E-state index in [2.05, 4.69) is 16.6 Å². The van der Waals surface area contributed by atoms with Crippen molar-refractivity contribution in [1.29, 1.82) is 0 Å². The Morgan fingerprint density at radius 3 is 2.63 bits per heavy atom. The molecule has 0 aromatic heterocycles. The first-order valence-corrected chi connectivity index (χ1v) is 8.89. The fourth-order valence-corrected chi connectivity index (χ4v) is 3.54. The fraction of sp³-hybridized carbons (Fsp3) is 0.462. The summed E-state index contributed by atoms with van der Waals surface area (Å²) in [4.78, 5) is 4.56. The molecule has 0 bridgehead atoms. The third-order valence-electron chi connectivity index (χ3n) is 2.57. The van der Waals surface area contributed by atoms with E-state index in [1.165, 1.54) is 11.8 Å². The van der Waals surface area contributed by atoms with E-state index in [-0.39, 0.29) is 0 Å². The Kier molecular flexibility index (Phi) is 6.37. The fourth-order valence-electron chi connectivity index (χ4n) is 1.51. The predicted molar refractivity (Wildman–Crippen MR) is 82.2 cm³/mol. The molecule has 0 aliphatic carbocycles. The van der Waals surface area contributed by atoms with E-state index in [9.17, 15) is 8.42 Å². The number of sulfonamides is 1. The normalized spacial score (nSPS) is 12.5. The minimum atomic E-state index is -3.54. The average Bonchev–Trinajstić information content (AvgIpc) is 2.38. The predicted octanol–water partition coefficient (Wildman–Crippen LogP) is 2.79. The van der Waals surface area contributed by atoms with Crippen LogP contribution in [0.15, 0.2) is 34.2 Å². The molecule has 0 atom stereocenters. The summed E-state index contributed by atoms with van der Waals surface area (Å²) in [7, 11) is -3.54. The van der Waals surface area contributed by atoms with Crippen LogP contribution in [-0.2, 0) is 10.0 Å². The zero-order valence-corrected chi connectivity index (χ0v) is 13.1. The molecule has 0 unspecified atom stereocenters. The van der Waals surface area contributed by atoms with Gasteiger partial charge < -0.3 is 0 Å². The van der Waals surface area contributed by atoms with Crippen LogP contribution in [0.1, 0.15) is 25.3 Å². The molecular weight excluding hydrogens is 280 g/mol. The maximum atomic E-state index is 12.2. The van der Waals surface area contributed by atoms with Crippen LogP contribution < -0.4 is 4.72 Å². The monoisotopic (exact) mass is 300 g/mol. The summed E-state index contributed by atoms with van der Waals surface area (Å²) in [5.41, 5.74) is 0.726. The summed E-state index contributed by atoms with van der Waals surface area (Å²) in [6, 6.07) is 6.91. The summed E-state index contributed by atoms with van der Waals surface area (Å²) in [5.74, 6) is 0. The molecule has 0 aliphatic heterocycles. The highest BCUT2D eigenvalue weighted by Gasteiger charge is 2.17. The molecule has 1 N–H and O–H groups in total. The van der Waals surface area contributed by atoms with Crippen molar-refractivity contribution in [1.82, 2.24) is 4.72 Å². The van der Waals surface area contributed by atoms with Crippen LogP contribution in [0.25, 0.3) is 0 Å². The van der Waals surface area contributed by atoms with Gasteiger partial charge in [-0.2, -0.15) is 0 Å². The molecule has 0 saturated carbocycles. The Morgan fingerprint density at radius 2 is 2.05 bits per heavy atom. The number of unbranched alkanes of at least 4 members (excludes halogenated alkanes) is 1. The van der Waals surface area contributed by atoms with Crippen molar-refractivity contribution in [2.45, 2.75) is 31.6 Å². The van der Waals surface area contributed by atoms with Crippen molar-refractivity contribution in [2.24, 2.45) is 4.99 Å². The van der Waals surface area contributed by atoms with Crippen molar-refractivity contribution in [2.75, 3.05) is 12.8 Å². The smallest absolute Gasteiger partial charge is 0.262 e. The standard InChI is InChI=1S/C13H20N2O2S2/c1-4-5-10-14-13(18-3)15-19(16,17)12-9-7-6-8-11(12)2/h6-9H,4-5,10H2,1-3H3,(H,14,15). The van der Waals surface area contributed by atoms with Crippen LogP contribution in [0.2, 0.25) is 0 Å². The molecule has 19 heavy (non-hydrogen) atoms. The van der Waals surface area contributed by atoms with Gasteiger partial charge >= 0.3 is 0 Å². The van der Waals surface area contributed by atoms with Gasteiger partial charge in [-0.1, -0.05) is 43.3 Å². The molecule has 6 heteroatoms. The molecule has 1 aromatic rings. The minimum absolute atomic E-state index is 0.298. The maximum absolute atomic E-state index is 12.2. The van der Waals surface area contributed by atoms with Gasteiger partial charge in [0.15, 0.2) is 5.17 Å². The first kappa shape index (κ1) is 16.0. The second kappa shape index (κ2) is 7.55. The molecule has 106 valence electrons. The lowest BCUT2D eigenvalue weighted by Gasteiger charge is -2.10. The van der Waals surface area contributed by atoms with Gasteiger partial charge in [-0.15, -0.1) is 0 Å². The summed E-state index contributed by atoms with van der Waals surface area (Å²) in [6.07, 6.45) is 3.80. The Hall–Kier alpha value is -1.01. The maximum Gasteiger partial charge on any atom is 0.263 e. The number of benzene rings is 1. The molecule has 1 aromatic carbocycles.